The Labute approximate surface area is 162 Å². The first-order valence-electron chi connectivity index (χ1n) is 9.22. The fourth-order valence-corrected chi connectivity index (χ4v) is 3.39. The summed E-state index contributed by atoms with van der Waals surface area (Å²) in [6.07, 6.45) is 0.0888. The third kappa shape index (κ3) is 5.14. The summed E-state index contributed by atoms with van der Waals surface area (Å²) in [4.78, 5) is 12.4. The van der Waals surface area contributed by atoms with Crippen molar-refractivity contribution in [3.63, 3.8) is 0 Å². The van der Waals surface area contributed by atoms with Gasteiger partial charge in [0.1, 0.15) is 12.8 Å². The smallest absolute Gasteiger partial charge is 0.338 e. The number of esters is 1. The summed E-state index contributed by atoms with van der Waals surface area (Å²) in [5, 5.41) is 4.22. The Kier molecular flexibility index (Phi) is 6.74. The molecule has 152 valence electrons. The van der Waals surface area contributed by atoms with Crippen LogP contribution in [0, 0.1) is 0 Å². The molecule has 1 aromatic heterocycles. The van der Waals surface area contributed by atoms with Gasteiger partial charge in [0, 0.05) is 37.8 Å². The Bertz CT molecular complexity index is 767. The number of carbonyl (C=O) groups excluding carboxylic acids is 1. The SMILES string of the molecule is COCCOCn1nccc1[C@H]1CCC(F)(F)C[C@@H]1OC(=O)c1ccccc1. The molecule has 8 heteroatoms. The highest BCUT2D eigenvalue weighted by atomic mass is 19.3. The van der Waals surface area contributed by atoms with E-state index >= 15 is 0 Å². The van der Waals surface area contributed by atoms with E-state index in [1.165, 1.54) is 0 Å². The lowest BCUT2D eigenvalue weighted by molar-refractivity contribution is -0.0911. The standard InChI is InChI=1S/C20H24F2N2O4/c1-26-11-12-27-14-24-17(8-10-23-24)16-7-9-20(21,22)13-18(16)28-19(25)15-5-3-2-4-6-15/h2-6,8,10,16,18H,7,9,11-14H2,1H3/t16-,18+/m1/s1. The Hall–Kier alpha value is -2.32. The summed E-state index contributed by atoms with van der Waals surface area (Å²) >= 11 is 0. The van der Waals surface area contributed by atoms with Crippen molar-refractivity contribution < 1.29 is 27.8 Å². The Balaban J connectivity index is 1.75. The van der Waals surface area contributed by atoms with Gasteiger partial charge in [0.15, 0.2) is 0 Å². The highest BCUT2D eigenvalue weighted by molar-refractivity contribution is 5.89. The summed E-state index contributed by atoms with van der Waals surface area (Å²) in [6, 6.07) is 10.2. The van der Waals surface area contributed by atoms with Gasteiger partial charge in [-0.25, -0.2) is 18.3 Å². The number of aromatic nitrogens is 2. The van der Waals surface area contributed by atoms with Crippen molar-refractivity contribution in [3.05, 3.63) is 53.9 Å². The van der Waals surface area contributed by atoms with E-state index < -0.39 is 24.4 Å². The molecular formula is C20H24F2N2O4. The normalized spacial score (nSPS) is 21.4. The second-order valence-corrected chi connectivity index (χ2v) is 6.80. The molecule has 6 nitrogen and oxygen atoms in total. The van der Waals surface area contributed by atoms with Crippen molar-refractivity contribution in [2.24, 2.45) is 0 Å². The van der Waals surface area contributed by atoms with E-state index in [0.29, 0.717) is 18.8 Å². The molecule has 0 amide bonds. The molecule has 0 bridgehead atoms. The summed E-state index contributed by atoms with van der Waals surface area (Å²) < 4.78 is 45.7. The van der Waals surface area contributed by atoms with Gasteiger partial charge in [-0.05, 0) is 24.6 Å². The maximum Gasteiger partial charge on any atom is 0.338 e. The fourth-order valence-electron chi connectivity index (χ4n) is 3.39. The average Bonchev–Trinajstić information content (AvgIpc) is 3.13. The summed E-state index contributed by atoms with van der Waals surface area (Å²) in [5.41, 5.74) is 1.06. The van der Waals surface area contributed by atoms with Crippen LogP contribution in [0.25, 0.3) is 0 Å². The van der Waals surface area contributed by atoms with Gasteiger partial charge in [0.05, 0.1) is 18.8 Å². The molecule has 3 rings (SSSR count). The van der Waals surface area contributed by atoms with Crippen LogP contribution in [0.15, 0.2) is 42.6 Å². The molecule has 1 aliphatic carbocycles. The van der Waals surface area contributed by atoms with Gasteiger partial charge in [-0.2, -0.15) is 5.10 Å². The number of hydrogen-bond donors (Lipinski definition) is 0. The average molecular weight is 394 g/mol. The fraction of sp³-hybridized carbons (Fsp3) is 0.500. The van der Waals surface area contributed by atoms with Crippen molar-refractivity contribution >= 4 is 5.97 Å². The molecule has 0 aliphatic heterocycles. The van der Waals surface area contributed by atoms with Crippen molar-refractivity contribution in [1.82, 2.24) is 9.78 Å². The van der Waals surface area contributed by atoms with E-state index in [-0.39, 0.29) is 25.5 Å². The van der Waals surface area contributed by atoms with Crippen LogP contribution in [0.5, 0.6) is 0 Å². The zero-order chi connectivity index (χ0) is 20.0. The van der Waals surface area contributed by atoms with Gasteiger partial charge in [0.2, 0.25) is 0 Å². The molecule has 2 atom stereocenters. The van der Waals surface area contributed by atoms with E-state index in [1.807, 2.05) is 0 Å². The summed E-state index contributed by atoms with van der Waals surface area (Å²) in [6.45, 7) is 1.02. The lowest BCUT2D eigenvalue weighted by atomic mass is 9.82. The third-order valence-corrected chi connectivity index (χ3v) is 4.81. The van der Waals surface area contributed by atoms with Crippen LogP contribution in [0.4, 0.5) is 8.78 Å². The number of halogens is 2. The van der Waals surface area contributed by atoms with Gasteiger partial charge in [-0.15, -0.1) is 0 Å². The quantitative estimate of drug-likeness (QED) is 0.505. The van der Waals surface area contributed by atoms with Crippen LogP contribution in [0.2, 0.25) is 0 Å². The summed E-state index contributed by atoms with van der Waals surface area (Å²) in [7, 11) is 1.58. The van der Waals surface area contributed by atoms with E-state index in [4.69, 9.17) is 14.2 Å². The van der Waals surface area contributed by atoms with Crippen LogP contribution in [-0.2, 0) is 20.9 Å². The largest absolute Gasteiger partial charge is 0.458 e. The Morgan fingerprint density at radius 2 is 2.04 bits per heavy atom. The first-order valence-corrected chi connectivity index (χ1v) is 9.22. The Morgan fingerprint density at radius 1 is 1.25 bits per heavy atom. The molecule has 0 spiro atoms. The second kappa shape index (κ2) is 9.25. The minimum atomic E-state index is -2.86. The van der Waals surface area contributed by atoms with E-state index in [0.717, 1.165) is 5.69 Å². The van der Waals surface area contributed by atoms with Crippen molar-refractivity contribution in [3.8, 4) is 0 Å². The van der Waals surface area contributed by atoms with Crippen LogP contribution in [0.1, 0.15) is 41.2 Å². The predicted molar refractivity (Wildman–Crippen MR) is 97.2 cm³/mol. The zero-order valence-corrected chi connectivity index (χ0v) is 15.7. The molecular weight excluding hydrogens is 370 g/mol. The number of rotatable bonds is 8. The maximum absolute atomic E-state index is 14.1. The van der Waals surface area contributed by atoms with Crippen molar-refractivity contribution in [2.75, 3.05) is 20.3 Å². The van der Waals surface area contributed by atoms with Gasteiger partial charge >= 0.3 is 5.97 Å². The first kappa shape index (κ1) is 20.4. The zero-order valence-electron chi connectivity index (χ0n) is 15.7. The highest BCUT2D eigenvalue weighted by Crippen LogP contribution is 2.42. The lowest BCUT2D eigenvalue weighted by Crippen LogP contribution is -2.39. The molecule has 1 aromatic carbocycles. The number of ether oxygens (including phenoxy) is 3. The number of benzene rings is 1. The maximum atomic E-state index is 14.1. The van der Waals surface area contributed by atoms with Gasteiger partial charge in [-0.3, -0.25) is 0 Å². The number of methoxy groups -OCH3 is 1. The first-order chi connectivity index (χ1) is 13.5. The second-order valence-electron chi connectivity index (χ2n) is 6.80. The van der Waals surface area contributed by atoms with Crippen LogP contribution < -0.4 is 0 Å². The van der Waals surface area contributed by atoms with E-state index in [1.54, 1.807) is 54.4 Å². The molecule has 1 fully saturated rings. The van der Waals surface area contributed by atoms with Crippen LogP contribution in [0.3, 0.4) is 0 Å². The van der Waals surface area contributed by atoms with E-state index in [2.05, 4.69) is 5.10 Å². The lowest BCUT2D eigenvalue weighted by Gasteiger charge is -2.35. The molecule has 0 radical (unpaired) electrons. The number of nitrogens with zero attached hydrogens (tertiary/aromatic N) is 2. The molecule has 2 aromatic rings. The monoisotopic (exact) mass is 394 g/mol. The molecule has 1 heterocycles. The molecule has 0 unspecified atom stereocenters. The molecule has 1 aliphatic rings. The van der Waals surface area contributed by atoms with Crippen molar-refractivity contribution in [2.45, 2.75) is 43.9 Å². The van der Waals surface area contributed by atoms with Gasteiger partial charge < -0.3 is 14.2 Å². The number of alkyl halides is 2. The predicted octanol–water partition coefficient (Wildman–Crippen LogP) is 3.63. The van der Waals surface area contributed by atoms with E-state index in [9.17, 15) is 13.6 Å². The number of hydrogen-bond acceptors (Lipinski definition) is 5. The Morgan fingerprint density at radius 3 is 2.79 bits per heavy atom. The van der Waals surface area contributed by atoms with Crippen molar-refractivity contribution in [1.29, 1.82) is 0 Å². The molecule has 1 saturated carbocycles. The summed E-state index contributed by atoms with van der Waals surface area (Å²) in [5.74, 6) is -3.84. The third-order valence-electron chi connectivity index (χ3n) is 4.81. The minimum absolute atomic E-state index is 0.179. The topological polar surface area (TPSA) is 62.6 Å². The molecule has 0 N–H and O–H groups in total. The van der Waals surface area contributed by atoms with Crippen LogP contribution in [-0.4, -0.2) is 48.1 Å². The molecule has 0 saturated heterocycles. The van der Waals surface area contributed by atoms with Crippen LogP contribution >= 0.6 is 0 Å². The van der Waals surface area contributed by atoms with Gasteiger partial charge in [0.25, 0.3) is 5.92 Å². The highest BCUT2D eigenvalue weighted by Gasteiger charge is 2.45. The molecule has 28 heavy (non-hydrogen) atoms. The minimum Gasteiger partial charge on any atom is -0.458 e. The van der Waals surface area contributed by atoms with Gasteiger partial charge in [-0.1, -0.05) is 18.2 Å². The number of carbonyl (C=O) groups is 1.